The standard InChI is InChI=1S/C19H19NO7S/c1-25-18(23)12-8-13(19(24)26-2)10-14(9-12)20-16(21)11-27-17(22)6-5-15-4-3-7-28-15/h3-4,7-10H,5-6,11H2,1-2H3,(H,20,21). The van der Waals surface area contributed by atoms with Gasteiger partial charge in [-0.2, -0.15) is 0 Å². The number of methoxy groups -OCH3 is 2. The molecule has 0 aliphatic carbocycles. The first kappa shape index (κ1) is 21.1. The van der Waals surface area contributed by atoms with Crippen molar-refractivity contribution in [3.63, 3.8) is 0 Å². The number of thiophene rings is 1. The zero-order valence-electron chi connectivity index (χ0n) is 15.4. The number of anilines is 1. The van der Waals surface area contributed by atoms with Crippen molar-refractivity contribution in [3.8, 4) is 0 Å². The molecule has 0 saturated carbocycles. The fourth-order valence-electron chi connectivity index (χ4n) is 2.27. The molecule has 0 bridgehead atoms. The number of rotatable bonds is 8. The molecule has 2 aromatic rings. The highest BCUT2D eigenvalue weighted by Crippen LogP contribution is 2.17. The van der Waals surface area contributed by atoms with Crippen molar-refractivity contribution < 1.29 is 33.4 Å². The van der Waals surface area contributed by atoms with E-state index in [1.807, 2.05) is 17.5 Å². The van der Waals surface area contributed by atoms with E-state index in [1.165, 1.54) is 43.8 Å². The van der Waals surface area contributed by atoms with Gasteiger partial charge in [-0.15, -0.1) is 11.3 Å². The van der Waals surface area contributed by atoms with Gasteiger partial charge in [-0.1, -0.05) is 6.07 Å². The Hall–Kier alpha value is -3.20. The molecule has 0 unspecified atom stereocenters. The van der Waals surface area contributed by atoms with Crippen LogP contribution in [-0.2, 0) is 30.2 Å². The molecule has 0 radical (unpaired) electrons. The predicted octanol–water partition coefficient (Wildman–Crippen LogP) is 2.44. The molecule has 1 amide bonds. The second-order valence-electron chi connectivity index (χ2n) is 5.57. The third kappa shape index (κ3) is 6.20. The zero-order chi connectivity index (χ0) is 20.5. The van der Waals surface area contributed by atoms with Gasteiger partial charge in [0.05, 0.1) is 31.8 Å². The zero-order valence-corrected chi connectivity index (χ0v) is 16.2. The van der Waals surface area contributed by atoms with Gasteiger partial charge in [0, 0.05) is 10.6 Å². The van der Waals surface area contributed by atoms with Gasteiger partial charge in [-0.3, -0.25) is 9.59 Å². The largest absolute Gasteiger partial charge is 0.465 e. The molecule has 9 heteroatoms. The lowest BCUT2D eigenvalue weighted by Gasteiger charge is -2.10. The third-order valence-corrected chi connectivity index (χ3v) is 4.52. The number of nitrogens with one attached hydrogen (secondary N) is 1. The lowest BCUT2D eigenvalue weighted by Crippen LogP contribution is -2.21. The number of amides is 1. The normalized spacial score (nSPS) is 10.1. The maximum absolute atomic E-state index is 12.0. The van der Waals surface area contributed by atoms with Crippen molar-refractivity contribution in [2.24, 2.45) is 0 Å². The van der Waals surface area contributed by atoms with Gasteiger partial charge in [0.15, 0.2) is 6.61 Å². The summed E-state index contributed by atoms with van der Waals surface area (Å²) in [6.45, 7) is -0.487. The van der Waals surface area contributed by atoms with E-state index >= 15 is 0 Å². The maximum Gasteiger partial charge on any atom is 0.337 e. The average molecular weight is 405 g/mol. The van der Waals surface area contributed by atoms with Gasteiger partial charge in [0.2, 0.25) is 0 Å². The van der Waals surface area contributed by atoms with E-state index in [4.69, 9.17) is 4.74 Å². The number of carbonyl (C=O) groups is 4. The fourth-order valence-corrected chi connectivity index (χ4v) is 2.98. The summed E-state index contributed by atoms with van der Waals surface area (Å²) in [5.41, 5.74) is 0.296. The molecule has 1 heterocycles. The van der Waals surface area contributed by atoms with Crippen LogP contribution in [0.4, 0.5) is 5.69 Å². The summed E-state index contributed by atoms with van der Waals surface area (Å²) < 4.78 is 14.2. The van der Waals surface area contributed by atoms with E-state index < -0.39 is 30.4 Å². The SMILES string of the molecule is COC(=O)c1cc(NC(=O)COC(=O)CCc2cccs2)cc(C(=O)OC)c1. The highest BCUT2D eigenvalue weighted by molar-refractivity contribution is 7.09. The summed E-state index contributed by atoms with van der Waals surface area (Å²) in [5, 5.41) is 4.39. The molecule has 1 aromatic carbocycles. The number of ether oxygens (including phenoxy) is 3. The molecule has 0 saturated heterocycles. The van der Waals surface area contributed by atoms with E-state index in [-0.39, 0.29) is 23.2 Å². The number of esters is 3. The van der Waals surface area contributed by atoms with Crippen LogP contribution in [0.15, 0.2) is 35.7 Å². The van der Waals surface area contributed by atoms with Crippen LogP contribution in [0.1, 0.15) is 32.0 Å². The number of hydrogen-bond donors (Lipinski definition) is 1. The molecule has 0 atom stereocenters. The molecule has 1 N–H and O–H groups in total. The molecule has 0 aliphatic rings. The van der Waals surface area contributed by atoms with E-state index in [9.17, 15) is 19.2 Å². The predicted molar refractivity (Wildman–Crippen MR) is 101 cm³/mol. The monoisotopic (exact) mass is 405 g/mol. The first-order chi connectivity index (χ1) is 13.4. The van der Waals surface area contributed by atoms with Crippen molar-refractivity contribution in [3.05, 3.63) is 51.7 Å². The van der Waals surface area contributed by atoms with Crippen LogP contribution >= 0.6 is 11.3 Å². The maximum atomic E-state index is 12.0. The molecule has 0 fully saturated rings. The molecule has 1 aromatic heterocycles. The molecule has 8 nitrogen and oxygen atoms in total. The minimum Gasteiger partial charge on any atom is -0.465 e. The third-order valence-electron chi connectivity index (χ3n) is 3.58. The Kier molecular flexibility index (Phi) is 7.70. The summed E-state index contributed by atoms with van der Waals surface area (Å²) >= 11 is 1.54. The topological polar surface area (TPSA) is 108 Å². The number of aryl methyl sites for hydroxylation is 1. The molecule has 148 valence electrons. The van der Waals surface area contributed by atoms with Crippen molar-refractivity contribution >= 4 is 40.8 Å². The van der Waals surface area contributed by atoms with Crippen LogP contribution in [0.3, 0.4) is 0 Å². The minimum atomic E-state index is -0.679. The van der Waals surface area contributed by atoms with Crippen LogP contribution in [0, 0.1) is 0 Å². The smallest absolute Gasteiger partial charge is 0.337 e. The summed E-state index contributed by atoms with van der Waals surface area (Å²) in [5.74, 6) is -2.47. The van der Waals surface area contributed by atoms with E-state index in [0.717, 1.165) is 4.88 Å². The molecular formula is C19H19NO7S. The fraction of sp³-hybridized carbons (Fsp3) is 0.263. The molecule has 0 aliphatic heterocycles. The Balaban J connectivity index is 1.95. The van der Waals surface area contributed by atoms with Crippen LogP contribution in [0.25, 0.3) is 0 Å². The van der Waals surface area contributed by atoms with Crippen molar-refractivity contribution in [2.45, 2.75) is 12.8 Å². The van der Waals surface area contributed by atoms with E-state index in [2.05, 4.69) is 14.8 Å². The second-order valence-corrected chi connectivity index (χ2v) is 6.60. The molecule has 28 heavy (non-hydrogen) atoms. The Morgan fingerprint density at radius 2 is 1.64 bits per heavy atom. The summed E-state index contributed by atoms with van der Waals surface area (Å²) in [7, 11) is 2.39. The number of hydrogen-bond acceptors (Lipinski definition) is 8. The van der Waals surface area contributed by atoms with Crippen LogP contribution in [0.5, 0.6) is 0 Å². The minimum absolute atomic E-state index is 0.0636. The summed E-state index contributed by atoms with van der Waals surface area (Å²) in [6, 6.07) is 7.78. The second kappa shape index (κ2) is 10.2. The lowest BCUT2D eigenvalue weighted by atomic mass is 10.1. The number of carbonyl (C=O) groups excluding carboxylic acids is 4. The number of benzene rings is 1. The molecule has 0 spiro atoms. The molecular weight excluding hydrogens is 386 g/mol. The molecule has 2 rings (SSSR count). The van der Waals surface area contributed by atoms with E-state index in [0.29, 0.717) is 6.42 Å². The summed E-state index contributed by atoms with van der Waals surface area (Å²) in [4.78, 5) is 48.3. The highest BCUT2D eigenvalue weighted by atomic mass is 32.1. The van der Waals surface area contributed by atoms with Crippen LogP contribution in [0.2, 0.25) is 0 Å². The van der Waals surface area contributed by atoms with Crippen molar-refractivity contribution in [1.29, 1.82) is 0 Å². The van der Waals surface area contributed by atoms with E-state index in [1.54, 1.807) is 0 Å². The van der Waals surface area contributed by atoms with Crippen molar-refractivity contribution in [1.82, 2.24) is 0 Å². The first-order valence-electron chi connectivity index (χ1n) is 8.22. The quantitative estimate of drug-likeness (QED) is 0.531. The first-order valence-corrected chi connectivity index (χ1v) is 9.10. The van der Waals surface area contributed by atoms with Gasteiger partial charge in [-0.05, 0) is 36.1 Å². The Labute approximate surface area is 165 Å². The van der Waals surface area contributed by atoms with Crippen LogP contribution < -0.4 is 5.32 Å². The van der Waals surface area contributed by atoms with Gasteiger partial charge < -0.3 is 19.5 Å². The van der Waals surface area contributed by atoms with Gasteiger partial charge in [0.1, 0.15) is 0 Å². The summed E-state index contributed by atoms with van der Waals surface area (Å²) in [6.07, 6.45) is 0.708. The van der Waals surface area contributed by atoms with Gasteiger partial charge in [0.25, 0.3) is 5.91 Å². The van der Waals surface area contributed by atoms with Crippen LogP contribution in [-0.4, -0.2) is 44.6 Å². The average Bonchev–Trinajstić information content (AvgIpc) is 3.22. The Morgan fingerprint density at radius 1 is 1.00 bits per heavy atom. The van der Waals surface area contributed by atoms with Gasteiger partial charge >= 0.3 is 17.9 Å². The highest BCUT2D eigenvalue weighted by Gasteiger charge is 2.15. The Morgan fingerprint density at radius 3 is 2.18 bits per heavy atom. The Bertz CT molecular complexity index is 827. The van der Waals surface area contributed by atoms with Crippen molar-refractivity contribution in [2.75, 3.05) is 26.1 Å². The van der Waals surface area contributed by atoms with Gasteiger partial charge in [-0.25, -0.2) is 9.59 Å². The lowest BCUT2D eigenvalue weighted by molar-refractivity contribution is -0.147.